The van der Waals surface area contributed by atoms with Crippen molar-refractivity contribution in [2.24, 2.45) is 5.92 Å². The van der Waals surface area contributed by atoms with Crippen LogP contribution in [0.3, 0.4) is 0 Å². The van der Waals surface area contributed by atoms with Crippen LogP contribution in [-0.2, 0) is 4.79 Å². The fourth-order valence-electron chi connectivity index (χ4n) is 4.26. The molecule has 0 bridgehead atoms. The molecule has 2 aromatic carbocycles. The Morgan fingerprint density at radius 1 is 0.962 bits per heavy atom. The van der Waals surface area contributed by atoms with Crippen LogP contribution in [0.25, 0.3) is 10.8 Å². The predicted molar refractivity (Wildman–Crippen MR) is 109 cm³/mol. The molecule has 2 nitrogen and oxygen atoms in total. The molecule has 1 aliphatic rings. The van der Waals surface area contributed by atoms with E-state index in [1.165, 1.54) is 49.5 Å². The summed E-state index contributed by atoms with van der Waals surface area (Å²) in [5.74, 6) is 2.18. The molecular weight excluding hydrogens is 320 g/mol. The first kappa shape index (κ1) is 18.9. The van der Waals surface area contributed by atoms with Gasteiger partial charge in [-0.2, -0.15) is 0 Å². The van der Waals surface area contributed by atoms with Crippen LogP contribution in [0.15, 0.2) is 36.4 Å². The van der Waals surface area contributed by atoms with Crippen molar-refractivity contribution < 1.29 is 9.53 Å². The third-order valence-electron chi connectivity index (χ3n) is 5.82. The van der Waals surface area contributed by atoms with Crippen molar-refractivity contribution in [2.45, 2.75) is 77.6 Å². The molecule has 2 aromatic rings. The van der Waals surface area contributed by atoms with E-state index in [4.69, 9.17) is 4.74 Å². The van der Waals surface area contributed by atoms with Gasteiger partial charge >= 0.3 is 5.97 Å². The van der Waals surface area contributed by atoms with Crippen molar-refractivity contribution in [3.05, 3.63) is 42.0 Å². The third-order valence-corrected chi connectivity index (χ3v) is 5.82. The van der Waals surface area contributed by atoms with Crippen LogP contribution in [0.5, 0.6) is 5.75 Å². The van der Waals surface area contributed by atoms with Crippen LogP contribution in [-0.4, -0.2) is 5.97 Å². The Hall–Kier alpha value is -1.83. The van der Waals surface area contributed by atoms with Gasteiger partial charge in [0.2, 0.25) is 0 Å². The molecular formula is C24H32O2. The van der Waals surface area contributed by atoms with E-state index < -0.39 is 0 Å². The van der Waals surface area contributed by atoms with Crippen molar-refractivity contribution in [3.8, 4) is 5.75 Å². The molecule has 2 heteroatoms. The number of ether oxygens (including phenoxy) is 1. The second-order valence-electron chi connectivity index (χ2n) is 7.85. The lowest BCUT2D eigenvalue weighted by Gasteiger charge is -2.28. The van der Waals surface area contributed by atoms with Gasteiger partial charge in [0, 0.05) is 6.42 Å². The van der Waals surface area contributed by atoms with Gasteiger partial charge in [-0.25, -0.2) is 0 Å². The van der Waals surface area contributed by atoms with E-state index in [0.717, 1.165) is 24.1 Å². The number of hydrogen-bond acceptors (Lipinski definition) is 2. The average molecular weight is 353 g/mol. The second-order valence-corrected chi connectivity index (χ2v) is 7.85. The molecule has 0 heterocycles. The van der Waals surface area contributed by atoms with Gasteiger partial charge in [-0.3, -0.25) is 4.79 Å². The van der Waals surface area contributed by atoms with Crippen LogP contribution in [0, 0.1) is 5.92 Å². The highest BCUT2D eigenvalue weighted by atomic mass is 16.5. The summed E-state index contributed by atoms with van der Waals surface area (Å²) in [6.45, 7) is 4.38. The molecule has 0 atom stereocenters. The third kappa shape index (κ3) is 4.87. The second kappa shape index (κ2) is 9.21. The van der Waals surface area contributed by atoms with Crippen molar-refractivity contribution in [3.63, 3.8) is 0 Å². The fraction of sp³-hybridized carbons (Fsp3) is 0.542. The molecule has 0 aromatic heterocycles. The number of carbonyl (C=O) groups is 1. The van der Waals surface area contributed by atoms with Gasteiger partial charge in [0.25, 0.3) is 0 Å². The Morgan fingerprint density at radius 3 is 2.42 bits per heavy atom. The molecule has 0 N–H and O–H groups in total. The predicted octanol–water partition coefficient (Wildman–Crippen LogP) is 7.01. The molecule has 0 unspecified atom stereocenters. The van der Waals surface area contributed by atoms with Crippen molar-refractivity contribution in [2.75, 3.05) is 0 Å². The topological polar surface area (TPSA) is 26.3 Å². The Balaban J connectivity index is 1.66. The Kier molecular flexibility index (Phi) is 6.71. The summed E-state index contributed by atoms with van der Waals surface area (Å²) in [4.78, 5) is 11.8. The van der Waals surface area contributed by atoms with E-state index in [1.54, 1.807) is 0 Å². The molecule has 140 valence electrons. The normalized spacial score (nSPS) is 20.2. The molecule has 0 amide bonds. The highest BCUT2D eigenvalue weighted by molar-refractivity contribution is 5.85. The summed E-state index contributed by atoms with van der Waals surface area (Å²) in [7, 11) is 0. The molecule has 3 rings (SSSR count). The van der Waals surface area contributed by atoms with Crippen molar-refractivity contribution in [1.29, 1.82) is 0 Å². The Bertz CT molecular complexity index is 726. The number of esters is 1. The minimum Gasteiger partial charge on any atom is -0.427 e. The van der Waals surface area contributed by atoms with Gasteiger partial charge in [-0.1, -0.05) is 57.4 Å². The molecule has 1 fully saturated rings. The van der Waals surface area contributed by atoms with E-state index in [-0.39, 0.29) is 5.97 Å². The lowest BCUT2D eigenvalue weighted by Crippen LogP contribution is -2.13. The minimum atomic E-state index is -0.133. The highest BCUT2D eigenvalue weighted by Crippen LogP contribution is 2.38. The van der Waals surface area contributed by atoms with E-state index in [2.05, 4.69) is 38.1 Å². The SMILES string of the molecule is CCCCC(=O)Oc1ccc2cc([C@H]3CC[C@H](CCC)CC3)ccc2c1. The van der Waals surface area contributed by atoms with Crippen LogP contribution < -0.4 is 4.74 Å². The Labute approximate surface area is 157 Å². The van der Waals surface area contributed by atoms with Gasteiger partial charge in [0.15, 0.2) is 0 Å². The summed E-state index contributed by atoms with van der Waals surface area (Å²) < 4.78 is 5.47. The van der Waals surface area contributed by atoms with Gasteiger partial charge < -0.3 is 4.74 Å². The zero-order valence-corrected chi connectivity index (χ0v) is 16.3. The molecule has 0 saturated heterocycles. The van der Waals surface area contributed by atoms with Crippen LogP contribution in [0.2, 0.25) is 0 Å². The first-order chi connectivity index (χ1) is 12.7. The molecule has 0 aliphatic heterocycles. The zero-order chi connectivity index (χ0) is 18.4. The van der Waals surface area contributed by atoms with E-state index >= 15 is 0 Å². The van der Waals surface area contributed by atoms with Crippen LogP contribution >= 0.6 is 0 Å². The van der Waals surface area contributed by atoms with Gasteiger partial charge in [0.1, 0.15) is 5.75 Å². The van der Waals surface area contributed by atoms with E-state index in [9.17, 15) is 4.79 Å². The minimum absolute atomic E-state index is 0.133. The number of unbranched alkanes of at least 4 members (excludes halogenated alkanes) is 1. The monoisotopic (exact) mass is 352 g/mol. The molecule has 0 spiro atoms. The van der Waals surface area contributed by atoms with Gasteiger partial charge in [-0.05, 0) is 72.4 Å². The highest BCUT2D eigenvalue weighted by Gasteiger charge is 2.21. The lowest BCUT2D eigenvalue weighted by atomic mass is 9.77. The maximum Gasteiger partial charge on any atom is 0.311 e. The number of hydrogen-bond donors (Lipinski definition) is 0. The zero-order valence-electron chi connectivity index (χ0n) is 16.3. The maximum atomic E-state index is 11.8. The van der Waals surface area contributed by atoms with E-state index in [0.29, 0.717) is 18.1 Å². The smallest absolute Gasteiger partial charge is 0.311 e. The molecule has 1 saturated carbocycles. The molecule has 0 radical (unpaired) electrons. The standard InChI is InChI=1S/C24H32O2/c1-3-5-7-24(25)26-23-15-14-21-16-20(12-13-22(21)17-23)19-10-8-18(6-4-2)9-11-19/h12-19H,3-11H2,1-2H3/t18-,19-. The molecule has 26 heavy (non-hydrogen) atoms. The lowest BCUT2D eigenvalue weighted by molar-refractivity contribution is -0.134. The van der Waals surface area contributed by atoms with Gasteiger partial charge in [0.05, 0.1) is 0 Å². The van der Waals surface area contributed by atoms with Crippen molar-refractivity contribution in [1.82, 2.24) is 0 Å². The molecule has 1 aliphatic carbocycles. The van der Waals surface area contributed by atoms with Crippen LogP contribution in [0.1, 0.15) is 83.1 Å². The summed E-state index contributed by atoms with van der Waals surface area (Å²) >= 11 is 0. The first-order valence-corrected chi connectivity index (χ1v) is 10.4. The fourth-order valence-corrected chi connectivity index (χ4v) is 4.26. The quantitative estimate of drug-likeness (QED) is 0.396. The van der Waals surface area contributed by atoms with Crippen LogP contribution in [0.4, 0.5) is 0 Å². The largest absolute Gasteiger partial charge is 0.427 e. The number of benzene rings is 2. The Morgan fingerprint density at radius 2 is 1.69 bits per heavy atom. The maximum absolute atomic E-state index is 11.8. The van der Waals surface area contributed by atoms with Gasteiger partial charge in [-0.15, -0.1) is 0 Å². The average Bonchev–Trinajstić information content (AvgIpc) is 2.67. The number of carbonyl (C=O) groups excluding carboxylic acids is 1. The summed E-state index contributed by atoms with van der Waals surface area (Å²) in [6, 6.07) is 12.8. The number of rotatable bonds is 7. The van der Waals surface area contributed by atoms with Crippen molar-refractivity contribution >= 4 is 16.7 Å². The summed E-state index contributed by atoms with van der Waals surface area (Å²) in [6.07, 6.45) is 10.5. The summed E-state index contributed by atoms with van der Waals surface area (Å²) in [5.41, 5.74) is 1.47. The summed E-state index contributed by atoms with van der Waals surface area (Å²) in [5, 5.41) is 2.39. The first-order valence-electron chi connectivity index (χ1n) is 10.4. The number of fused-ring (bicyclic) bond motifs is 1. The van der Waals surface area contributed by atoms with E-state index in [1.807, 2.05) is 12.1 Å².